The van der Waals surface area contributed by atoms with E-state index >= 15 is 0 Å². The number of thiophene rings is 1. The number of rotatable bonds is 3. The topological polar surface area (TPSA) is 52.3 Å². The molecule has 0 aromatic carbocycles. The number of carbonyl (C=O) groups excluding carboxylic acids is 1. The summed E-state index contributed by atoms with van der Waals surface area (Å²) >= 11 is 1.37. The van der Waals surface area contributed by atoms with E-state index in [0.717, 1.165) is 11.3 Å². The number of nitrogens with two attached hydrogens (primary N) is 1. The van der Waals surface area contributed by atoms with Crippen molar-refractivity contribution in [2.75, 3.05) is 12.3 Å². The zero-order valence-electron chi connectivity index (χ0n) is 7.79. The number of anilines is 1. The molecule has 3 nitrogen and oxygen atoms in total. The first kappa shape index (κ1) is 10.1. The lowest BCUT2D eigenvalue weighted by Gasteiger charge is -2.00. The molecule has 0 aliphatic rings. The van der Waals surface area contributed by atoms with Crippen molar-refractivity contribution in [3.8, 4) is 0 Å². The molecule has 0 fully saturated rings. The van der Waals surface area contributed by atoms with Gasteiger partial charge >= 0.3 is 5.97 Å². The van der Waals surface area contributed by atoms with E-state index in [1.807, 2.05) is 13.8 Å². The summed E-state index contributed by atoms with van der Waals surface area (Å²) in [4.78, 5) is 12.9. The van der Waals surface area contributed by atoms with Crippen LogP contribution in [-0.2, 0) is 4.74 Å². The predicted molar refractivity (Wildman–Crippen MR) is 54.0 cm³/mol. The highest BCUT2D eigenvalue weighted by Gasteiger charge is 2.13. The van der Waals surface area contributed by atoms with E-state index in [0.29, 0.717) is 17.2 Å². The molecule has 0 bridgehead atoms. The Labute approximate surface area is 81.5 Å². The van der Waals surface area contributed by atoms with Crippen LogP contribution in [0.1, 0.15) is 27.9 Å². The number of ether oxygens (including phenoxy) is 1. The standard InChI is InChI=1S/C9H13NO2S/c1-3-4-12-9(11)8-7(10)5-6(2)13-8/h5H,3-4,10H2,1-2H3. The van der Waals surface area contributed by atoms with Gasteiger partial charge in [0.25, 0.3) is 0 Å². The number of aryl methyl sites for hydroxylation is 1. The molecular formula is C9H13NO2S. The Morgan fingerprint density at radius 2 is 2.38 bits per heavy atom. The van der Waals surface area contributed by atoms with Crippen LogP contribution in [0, 0.1) is 6.92 Å². The second kappa shape index (κ2) is 4.28. The Morgan fingerprint density at radius 1 is 1.69 bits per heavy atom. The third-order valence-electron chi connectivity index (χ3n) is 1.51. The molecule has 1 aromatic heterocycles. The van der Waals surface area contributed by atoms with Gasteiger partial charge in [0.1, 0.15) is 4.88 Å². The lowest BCUT2D eigenvalue weighted by Crippen LogP contribution is -2.05. The van der Waals surface area contributed by atoms with Gasteiger partial charge < -0.3 is 10.5 Å². The molecule has 0 unspecified atom stereocenters. The average Bonchev–Trinajstić information content (AvgIpc) is 2.41. The van der Waals surface area contributed by atoms with Crippen molar-refractivity contribution in [3.63, 3.8) is 0 Å². The van der Waals surface area contributed by atoms with Gasteiger partial charge in [-0.3, -0.25) is 0 Å². The van der Waals surface area contributed by atoms with Crippen LogP contribution in [-0.4, -0.2) is 12.6 Å². The molecule has 0 saturated carbocycles. The SMILES string of the molecule is CCCOC(=O)c1sc(C)cc1N. The summed E-state index contributed by atoms with van der Waals surface area (Å²) in [6.07, 6.45) is 0.829. The first-order chi connectivity index (χ1) is 6.15. The van der Waals surface area contributed by atoms with E-state index in [-0.39, 0.29) is 5.97 Å². The minimum Gasteiger partial charge on any atom is -0.461 e. The number of hydrogen-bond donors (Lipinski definition) is 1. The Balaban J connectivity index is 2.70. The molecule has 0 aliphatic carbocycles. The lowest BCUT2D eigenvalue weighted by molar-refractivity contribution is 0.0512. The maximum absolute atomic E-state index is 11.3. The van der Waals surface area contributed by atoms with Crippen molar-refractivity contribution >= 4 is 23.0 Å². The van der Waals surface area contributed by atoms with Gasteiger partial charge in [-0.25, -0.2) is 4.79 Å². The average molecular weight is 199 g/mol. The second-order valence-corrected chi connectivity index (χ2v) is 4.03. The highest BCUT2D eigenvalue weighted by atomic mass is 32.1. The smallest absolute Gasteiger partial charge is 0.350 e. The summed E-state index contributed by atoms with van der Waals surface area (Å²) in [6, 6.07) is 1.78. The second-order valence-electron chi connectivity index (χ2n) is 2.78. The molecule has 1 heterocycles. The Bertz CT molecular complexity index is 307. The predicted octanol–water partition coefficient (Wildman–Crippen LogP) is 2.21. The number of esters is 1. The molecule has 72 valence electrons. The summed E-state index contributed by atoms with van der Waals surface area (Å²) in [5.74, 6) is -0.308. The van der Waals surface area contributed by atoms with Crippen LogP contribution in [0.2, 0.25) is 0 Å². The van der Waals surface area contributed by atoms with Crippen molar-refractivity contribution in [1.29, 1.82) is 0 Å². The summed E-state index contributed by atoms with van der Waals surface area (Å²) in [6.45, 7) is 4.32. The van der Waals surface area contributed by atoms with Gasteiger partial charge in [-0.2, -0.15) is 0 Å². The minimum absolute atomic E-state index is 0.308. The third kappa shape index (κ3) is 2.45. The molecule has 2 N–H and O–H groups in total. The van der Waals surface area contributed by atoms with Crippen LogP contribution < -0.4 is 5.73 Å². The van der Waals surface area contributed by atoms with Crippen LogP contribution in [0.4, 0.5) is 5.69 Å². The summed E-state index contributed by atoms with van der Waals surface area (Å²) < 4.78 is 4.96. The maximum atomic E-state index is 11.3. The molecule has 4 heteroatoms. The zero-order valence-corrected chi connectivity index (χ0v) is 8.61. The molecule has 13 heavy (non-hydrogen) atoms. The normalized spacial score (nSPS) is 10.0. The fraction of sp³-hybridized carbons (Fsp3) is 0.444. The van der Waals surface area contributed by atoms with E-state index in [1.165, 1.54) is 11.3 Å². The van der Waals surface area contributed by atoms with Gasteiger partial charge in [0.2, 0.25) is 0 Å². The molecule has 0 amide bonds. The first-order valence-electron chi connectivity index (χ1n) is 4.18. The van der Waals surface area contributed by atoms with E-state index in [1.54, 1.807) is 6.07 Å². The van der Waals surface area contributed by atoms with E-state index < -0.39 is 0 Å². The van der Waals surface area contributed by atoms with Crippen molar-refractivity contribution in [2.24, 2.45) is 0 Å². The molecule has 0 saturated heterocycles. The summed E-state index contributed by atoms with van der Waals surface area (Å²) in [5.41, 5.74) is 6.14. The fourth-order valence-electron chi connectivity index (χ4n) is 0.954. The molecular weight excluding hydrogens is 186 g/mol. The van der Waals surface area contributed by atoms with Gasteiger partial charge in [0, 0.05) is 4.88 Å². The van der Waals surface area contributed by atoms with Crippen molar-refractivity contribution in [2.45, 2.75) is 20.3 Å². The Kier molecular flexibility index (Phi) is 3.31. The molecule has 1 aromatic rings. The number of nitrogen functional groups attached to an aromatic ring is 1. The molecule has 0 radical (unpaired) electrons. The van der Waals surface area contributed by atoms with E-state index in [9.17, 15) is 4.79 Å². The zero-order chi connectivity index (χ0) is 9.84. The van der Waals surface area contributed by atoms with E-state index in [2.05, 4.69) is 0 Å². The van der Waals surface area contributed by atoms with Gasteiger partial charge in [-0.15, -0.1) is 11.3 Å². The van der Waals surface area contributed by atoms with Gasteiger partial charge in [0.15, 0.2) is 0 Å². The van der Waals surface area contributed by atoms with Crippen molar-refractivity contribution in [1.82, 2.24) is 0 Å². The monoisotopic (exact) mass is 199 g/mol. The maximum Gasteiger partial charge on any atom is 0.350 e. The van der Waals surface area contributed by atoms with Crippen LogP contribution >= 0.6 is 11.3 Å². The molecule has 0 aliphatic heterocycles. The Morgan fingerprint density at radius 3 is 2.85 bits per heavy atom. The lowest BCUT2D eigenvalue weighted by atomic mass is 10.4. The third-order valence-corrected chi connectivity index (χ3v) is 2.55. The van der Waals surface area contributed by atoms with Crippen LogP contribution in [0.3, 0.4) is 0 Å². The van der Waals surface area contributed by atoms with Crippen LogP contribution in [0.25, 0.3) is 0 Å². The molecule has 1 rings (SSSR count). The summed E-state index contributed by atoms with van der Waals surface area (Å²) in [7, 11) is 0. The first-order valence-corrected chi connectivity index (χ1v) is 4.99. The van der Waals surface area contributed by atoms with Gasteiger partial charge in [-0.05, 0) is 19.4 Å². The molecule has 0 spiro atoms. The highest BCUT2D eigenvalue weighted by Crippen LogP contribution is 2.24. The minimum atomic E-state index is -0.308. The van der Waals surface area contributed by atoms with Gasteiger partial charge in [-0.1, -0.05) is 6.92 Å². The van der Waals surface area contributed by atoms with Gasteiger partial charge in [0.05, 0.1) is 12.3 Å². The van der Waals surface area contributed by atoms with E-state index in [4.69, 9.17) is 10.5 Å². The largest absolute Gasteiger partial charge is 0.461 e. The Hall–Kier alpha value is -1.03. The highest BCUT2D eigenvalue weighted by molar-refractivity contribution is 7.14. The fourth-order valence-corrected chi connectivity index (χ4v) is 1.78. The van der Waals surface area contributed by atoms with Crippen molar-refractivity contribution < 1.29 is 9.53 Å². The quantitative estimate of drug-likeness (QED) is 0.759. The summed E-state index contributed by atoms with van der Waals surface area (Å²) in [5, 5.41) is 0. The van der Waals surface area contributed by atoms with Crippen LogP contribution in [0.15, 0.2) is 6.07 Å². The number of hydrogen-bond acceptors (Lipinski definition) is 4. The molecule has 0 atom stereocenters. The van der Waals surface area contributed by atoms with Crippen LogP contribution in [0.5, 0.6) is 0 Å². The van der Waals surface area contributed by atoms with Crippen molar-refractivity contribution in [3.05, 3.63) is 15.8 Å². The number of carbonyl (C=O) groups is 1.